The Kier molecular flexibility index (Phi) is 9.58. The van der Waals surface area contributed by atoms with Crippen molar-refractivity contribution >= 4 is 23.6 Å². The Hall–Kier alpha value is -3.05. The third-order valence-corrected chi connectivity index (χ3v) is 6.40. The summed E-state index contributed by atoms with van der Waals surface area (Å²) >= 11 is 1.66. The molecule has 1 atom stereocenters. The Labute approximate surface area is 201 Å². The number of benzene rings is 3. The summed E-state index contributed by atoms with van der Waals surface area (Å²) in [7, 11) is 0. The monoisotopic (exact) mass is 460 g/mol. The Morgan fingerprint density at radius 1 is 0.909 bits per heavy atom. The molecule has 0 aliphatic heterocycles. The second-order valence-electron chi connectivity index (χ2n) is 8.02. The summed E-state index contributed by atoms with van der Waals surface area (Å²) < 4.78 is 0. The quantitative estimate of drug-likeness (QED) is 0.398. The Morgan fingerprint density at radius 3 is 2.24 bits per heavy atom. The van der Waals surface area contributed by atoms with Crippen molar-refractivity contribution in [3.8, 4) is 0 Å². The zero-order valence-corrected chi connectivity index (χ0v) is 20.2. The molecule has 172 valence electrons. The summed E-state index contributed by atoms with van der Waals surface area (Å²) in [6, 6.07) is 27.5. The topological polar surface area (TPSA) is 49.4 Å². The van der Waals surface area contributed by atoms with E-state index in [9.17, 15) is 9.59 Å². The van der Waals surface area contributed by atoms with Crippen molar-refractivity contribution in [2.75, 3.05) is 12.3 Å². The average molecular weight is 461 g/mol. The van der Waals surface area contributed by atoms with E-state index in [1.54, 1.807) is 16.7 Å². The number of nitrogens with one attached hydrogen (secondary N) is 1. The van der Waals surface area contributed by atoms with Crippen LogP contribution in [0.15, 0.2) is 89.8 Å². The molecule has 0 fully saturated rings. The normalized spacial score (nSPS) is 11.6. The molecular formula is C28H32N2O2S. The number of likely N-dealkylation sites (N-methyl/N-ethyl adjacent to an activating group) is 1. The maximum absolute atomic E-state index is 13.5. The fraction of sp³-hybridized carbons (Fsp3) is 0.286. The maximum Gasteiger partial charge on any atom is 0.243 e. The van der Waals surface area contributed by atoms with Crippen LogP contribution in [-0.2, 0) is 22.6 Å². The Balaban J connectivity index is 1.82. The second-order valence-corrected chi connectivity index (χ2v) is 9.19. The van der Waals surface area contributed by atoms with Gasteiger partial charge in [-0.3, -0.25) is 9.59 Å². The van der Waals surface area contributed by atoms with Crippen molar-refractivity contribution in [2.24, 2.45) is 0 Å². The molecule has 0 aliphatic rings. The van der Waals surface area contributed by atoms with E-state index < -0.39 is 6.04 Å². The minimum atomic E-state index is -0.568. The highest BCUT2D eigenvalue weighted by atomic mass is 32.2. The summed E-state index contributed by atoms with van der Waals surface area (Å²) in [5.74, 6) is 0.547. The molecule has 0 aromatic heterocycles. The molecule has 0 radical (unpaired) electrons. The number of rotatable bonds is 11. The van der Waals surface area contributed by atoms with E-state index in [1.807, 2.05) is 92.7 Å². The maximum atomic E-state index is 13.5. The van der Waals surface area contributed by atoms with Crippen LogP contribution in [0.5, 0.6) is 0 Å². The summed E-state index contributed by atoms with van der Waals surface area (Å²) in [5, 5.41) is 2.94. The van der Waals surface area contributed by atoms with Gasteiger partial charge in [-0.15, -0.1) is 11.8 Å². The molecule has 0 bridgehead atoms. The lowest BCUT2D eigenvalue weighted by Crippen LogP contribution is -2.50. The molecule has 0 saturated carbocycles. The number of hydrogen-bond donors (Lipinski definition) is 1. The molecular weight excluding hydrogens is 428 g/mol. The van der Waals surface area contributed by atoms with Gasteiger partial charge in [-0.25, -0.2) is 0 Å². The number of nitrogens with zero attached hydrogens (tertiary/aromatic N) is 1. The SMILES string of the molecule is CCNC(=O)[C@H](Cc1ccccc1)N(Cc1cccc(C)c1)C(=O)CCSc1ccccc1. The van der Waals surface area contributed by atoms with Gasteiger partial charge in [-0.05, 0) is 37.1 Å². The number of aryl methyl sites for hydroxylation is 1. The number of amides is 2. The molecule has 4 nitrogen and oxygen atoms in total. The van der Waals surface area contributed by atoms with Gasteiger partial charge in [0.1, 0.15) is 6.04 Å². The Morgan fingerprint density at radius 2 is 1.58 bits per heavy atom. The molecule has 2 amide bonds. The van der Waals surface area contributed by atoms with E-state index in [2.05, 4.69) is 11.4 Å². The lowest BCUT2D eigenvalue weighted by atomic mass is 10.0. The molecule has 0 heterocycles. The number of hydrogen-bond acceptors (Lipinski definition) is 3. The lowest BCUT2D eigenvalue weighted by Gasteiger charge is -2.31. The molecule has 3 aromatic carbocycles. The van der Waals surface area contributed by atoms with Crippen LogP contribution >= 0.6 is 11.8 Å². The molecule has 0 spiro atoms. The standard InChI is InChI=1S/C28H32N2O2S/c1-3-29-28(32)26(20-23-12-6-4-7-13-23)30(21-24-14-10-11-22(2)19-24)27(31)17-18-33-25-15-8-5-9-16-25/h4-16,19,26H,3,17-18,20-21H2,1-2H3,(H,29,32)/t26-/m0/s1. The number of carbonyl (C=O) groups excluding carboxylic acids is 2. The predicted molar refractivity (Wildman–Crippen MR) is 136 cm³/mol. The fourth-order valence-corrected chi connectivity index (χ4v) is 4.63. The summed E-state index contributed by atoms with van der Waals surface area (Å²) in [5.41, 5.74) is 3.20. The molecule has 3 aromatic rings. The molecule has 0 unspecified atom stereocenters. The van der Waals surface area contributed by atoms with Crippen molar-refractivity contribution in [3.05, 3.63) is 102 Å². The predicted octanol–water partition coefficient (Wildman–Crippen LogP) is 5.25. The van der Waals surface area contributed by atoms with Crippen LogP contribution in [0.2, 0.25) is 0 Å². The zero-order valence-electron chi connectivity index (χ0n) is 19.4. The summed E-state index contributed by atoms with van der Waals surface area (Å²) in [6.07, 6.45) is 0.853. The van der Waals surface area contributed by atoms with Crippen LogP contribution in [0.1, 0.15) is 30.0 Å². The van der Waals surface area contributed by atoms with Crippen molar-refractivity contribution < 1.29 is 9.59 Å². The highest BCUT2D eigenvalue weighted by molar-refractivity contribution is 7.99. The first-order valence-electron chi connectivity index (χ1n) is 11.4. The van der Waals surface area contributed by atoms with Gasteiger partial charge in [0.15, 0.2) is 0 Å². The van der Waals surface area contributed by atoms with Gasteiger partial charge in [-0.1, -0.05) is 78.4 Å². The minimum absolute atomic E-state index is 0.00729. The van der Waals surface area contributed by atoms with E-state index in [0.29, 0.717) is 31.7 Å². The molecule has 33 heavy (non-hydrogen) atoms. The van der Waals surface area contributed by atoms with Crippen LogP contribution in [0.4, 0.5) is 0 Å². The van der Waals surface area contributed by atoms with Crippen molar-refractivity contribution in [2.45, 2.75) is 44.2 Å². The van der Waals surface area contributed by atoms with E-state index in [0.717, 1.165) is 21.6 Å². The highest BCUT2D eigenvalue weighted by Crippen LogP contribution is 2.21. The molecule has 0 aliphatic carbocycles. The van der Waals surface area contributed by atoms with E-state index in [1.165, 1.54) is 0 Å². The Bertz CT molecular complexity index is 1020. The third-order valence-electron chi connectivity index (χ3n) is 5.39. The van der Waals surface area contributed by atoms with Crippen LogP contribution < -0.4 is 5.32 Å². The second kappa shape index (κ2) is 12.9. The molecule has 3 rings (SSSR count). The van der Waals surface area contributed by atoms with E-state index in [-0.39, 0.29) is 11.8 Å². The van der Waals surface area contributed by atoms with Gasteiger partial charge >= 0.3 is 0 Å². The molecule has 0 saturated heterocycles. The number of thioether (sulfide) groups is 1. The highest BCUT2D eigenvalue weighted by Gasteiger charge is 2.29. The first-order chi connectivity index (χ1) is 16.1. The summed E-state index contributed by atoms with van der Waals surface area (Å²) in [4.78, 5) is 29.5. The lowest BCUT2D eigenvalue weighted by molar-refractivity contribution is -0.140. The first kappa shape index (κ1) is 24.6. The van der Waals surface area contributed by atoms with Gasteiger partial charge in [0.25, 0.3) is 0 Å². The molecule has 1 N–H and O–H groups in total. The van der Waals surface area contributed by atoms with Crippen LogP contribution in [0.25, 0.3) is 0 Å². The minimum Gasteiger partial charge on any atom is -0.355 e. The van der Waals surface area contributed by atoms with Crippen molar-refractivity contribution in [3.63, 3.8) is 0 Å². The van der Waals surface area contributed by atoms with Gasteiger partial charge in [0, 0.05) is 36.6 Å². The van der Waals surface area contributed by atoms with E-state index >= 15 is 0 Å². The van der Waals surface area contributed by atoms with E-state index in [4.69, 9.17) is 0 Å². The largest absolute Gasteiger partial charge is 0.355 e. The van der Waals surface area contributed by atoms with Crippen LogP contribution in [-0.4, -0.2) is 35.1 Å². The number of carbonyl (C=O) groups is 2. The average Bonchev–Trinajstić information content (AvgIpc) is 2.83. The van der Waals surface area contributed by atoms with Gasteiger partial charge < -0.3 is 10.2 Å². The van der Waals surface area contributed by atoms with Crippen LogP contribution in [0, 0.1) is 6.92 Å². The molecule has 5 heteroatoms. The fourth-order valence-electron chi connectivity index (χ4n) is 3.77. The summed E-state index contributed by atoms with van der Waals surface area (Å²) in [6.45, 7) is 4.88. The smallest absolute Gasteiger partial charge is 0.243 e. The third kappa shape index (κ3) is 7.79. The van der Waals surface area contributed by atoms with Gasteiger partial charge in [-0.2, -0.15) is 0 Å². The zero-order chi connectivity index (χ0) is 23.5. The van der Waals surface area contributed by atoms with Gasteiger partial charge in [0.2, 0.25) is 11.8 Å². The first-order valence-corrected chi connectivity index (χ1v) is 12.4. The van der Waals surface area contributed by atoms with Crippen molar-refractivity contribution in [1.29, 1.82) is 0 Å². The van der Waals surface area contributed by atoms with Crippen LogP contribution in [0.3, 0.4) is 0 Å². The van der Waals surface area contributed by atoms with Crippen molar-refractivity contribution in [1.82, 2.24) is 10.2 Å². The van der Waals surface area contributed by atoms with Gasteiger partial charge in [0.05, 0.1) is 0 Å².